The van der Waals surface area contributed by atoms with Crippen molar-refractivity contribution < 1.29 is 9.53 Å². The van der Waals surface area contributed by atoms with Crippen LogP contribution >= 0.6 is 0 Å². The van der Waals surface area contributed by atoms with E-state index in [-0.39, 0.29) is 5.91 Å². The first kappa shape index (κ1) is 17.2. The molecule has 3 nitrogen and oxygen atoms in total. The molecule has 3 heteroatoms. The minimum atomic E-state index is 0.143. The predicted molar refractivity (Wildman–Crippen MR) is 76.6 cm³/mol. The van der Waals surface area contributed by atoms with E-state index in [0.717, 1.165) is 12.0 Å². The fourth-order valence-electron chi connectivity index (χ4n) is 1.66. The van der Waals surface area contributed by atoms with Crippen LogP contribution in [0, 0.1) is 0 Å². The molecule has 0 atom stereocenters. The fourth-order valence-corrected chi connectivity index (χ4v) is 1.66. The molecular weight excluding hydrogens is 226 g/mol. The van der Waals surface area contributed by atoms with Crippen LogP contribution in [0.25, 0.3) is 0 Å². The van der Waals surface area contributed by atoms with Crippen LogP contribution in [0.1, 0.15) is 58.8 Å². The zero-order chi connectivity index (χ0) is 13.6. The normalized spacial score (nSPS) is 10.3. The Kier molecular flexibility index (Phi) is 12.0. The molecular formula is C15H29NO2. The van der Waals surface area contributed by atoms with Gasteiger partial charge < -0.3 is 10.1 Å². The molecule has 1 N–H and O–H groups in total. The second-order valence-corrected chi connectivity index (χ2v) is 4.88. The van der Waals surface area contributed by atoms with Crippen molar-refractivity contribution in [2.45, 2.75) is 58.8 Å². The Hall–Kier alpha value is -0.830. The first-order valence-electron chi connectivity index (χ1n) is 7.15. The lowest BCUT2D eigenvalue weighted by molar-refractivity contribution is -0.121. The third kappa shape index (κ3) is 13.2. The van der Waals surface area contributed by atoms with Crippen LogP contribution in [0.2, 0.25) is 0 Å². The fraction of sp³-hybridized carbons (Fsp3) is 0.800. The van der Waals surface area contributed by atoms with E-state index in [1.165, 1.54) is 32.1 Å². The highest BCUT2D eigenvalue weighted by Gasteiger charge is 2.00. The summed E-state index contributed by atoms with van der Waals surface area (Å²) in [5.74, 6) is 0.143. The minimum absolute atomic E-state index is 0.143. The van der Waals surface area contributed by atoms with Gasteiger partial charge in [0.05, 0.1) is 13.2 Å². The molecule has 0 bridgehead atoms. The van der Waals surface area contributed by atoms with E-state index in [4.69, 9.17) is 4.74 Å². The Balaban J connectivity index is 3.20. The van der Waals surface area contributed by atoms with Crippen molar-refractivity contribution in [3.05, 3.63) is 12.2 Å². The molecule has 18 heavy (non-hydrogen) atoms. The molecule has 0 aromatic carbocycles. The van der Waals surface area contributed by atoms with Crippen LogP contribution in [0.5, 0.6) is 0 Å². The van der Waals surface area contributed by atoms with Gasteiger partial charge in [0.15, 0.2) is 0 Å². The van der Waals surface area contributed by atoms with Crippen molar-refractivity contribution in [1.82, 2.24) is 5.32 Å². The summed E-state index contributed by atoms with van der Waals surface area (Å²) in [5, 5.41) is 2.86. The van der Waals surface area contributed by atoms with Gasteiger partial charge in [-0.2, -0.15) is 0 Å². The number of ether oxygens (including phenoxy) is 1. The van der Waals surface area contributed by atoms with Crippen LogP contribution in [0.3, 0.4) is 0 Å². The molecule has 0 aromatic heterocycles. The molecule has 0 aliphatic rings. The standard InChI is InChI=1S/C15H29NO2/c1-4-5-6-7-8-9-10-15(17)16-11-12-18-13-14(2)3/h2,4-13H2,1,3H3,(H,16,17). The molecule has 0 unspecified atom stereocenters. The zero-order valence-electron chi connectivity index (χ0n) is 12.1. The van der Waals surface area contributed by atoms with E-state index in [2.05, 4.69) is 18.8 Å². The van der Waals surface area contributed by atoms with Gasteiger partial charge >= 0.3 is 0 Å². The largest absolute Gasteiger partial charge is 0.375 e. The topological polar surface area (TPSA) is 38.3 Å². The first-order chi connectivity index (χ1) is 8.66. The lowest BCUT2D eigenvalue weighted by Gasteiger charge is -2.06. The Morgan fingerprint density at radius 3 is 2.50 bits per heavy atom. The highest BCUT2D eigenvalue weighted by molar-refractivity contribution is 5.75. The molecule has 1 amide bonds. The number of hydrogen-bond donors (Lipinski definition) is 1. The zero-order valence-corrected chi connectivity index (χ0v) is 12.1. The maximum Gasteiger partial charge on any atom is 0.220 e. The molecule has 0 rings (SSSR count). The summed E-state index contributed by atoms with van der Waals surface area (Å²) in [6.45, 7) is 9.63. The summed E-state index contributed by atoms with van der Waals surface area (Å²) in [6.07, 6.45) is 7.95. The van der Waals surface area contributed by atoms with E-state index in [9.17, 15) is 4.79 Å². The van der Waals surface area contributed by atoms with Crippen LogP contribution in [-0.2, 0) is 9.53 Å². The molecule has 0 aliphatic heterocycles. The van der Waals surface area contributed by atoms with E-state index in [1.807, 2.05) is 6.92 Å². The predicted octanol–water partition coefficient (Wildman–Crippen LogP) is 3.45. The summed E-state index contributed by atoms with van der Waals surface area (Å²) in [4.78, 5) is 11.4. The number of nitrogens with one attached hydrogen (secondary N) is 1. The monoisotopic (exact) mass is 255 g/mol. The van der Waals surface area contributed by atoms with Crippen molar-refractivity contribution in [2.24, 2.45) is 0 Å². The van der Waals surface area contributed by atoms with E-state index < -0.39 is 0 Å². The average Bonchev–Trinajstić information content (AvgIpc) is 2.33. The number of carbonyl (C=O) groups excluding carboxylic acids is 1. The van der Waals surface area contributed by atoms with Crippen LogP contribution in [-0.4, -0.2) is 25.7 Å². The summed E-state index contributed by atoms with van der Waals surface area (Å²) in [7, 11) is 0. The molecule has 0 saturated carbocycles. The molecule has 0 spiro atoms. The number of unbranched alkanes of at least 4 members (excludes halogenated alkanes) is 5. The van der Waals surface area contributed by atoms with Gasteiger partial charge in [-0.05, 0) is 13.3 Å². The highest BCUT2D eigenvalue weighted by atomic mass is 16.5. The Morgan fingerprint density at radius 2 is 1.83 bits per heavy atom. The molecule has 0 aliphatic carbocycles. The SMILES string of the molecule is C=C(C)COCCNC(=O)CCCCCCCC. The second-order valence-electron chi connectivity index (χ2n) is 4.88. The van der Waals surface area contributed by atoms with Crippen LogP contribution in [0.4, 0.5) is 0 Å². The van der Waals surface area contributed by atoms with Crippen LogP contribution in [0.15, 0.2) is 12.2 Å². The summed E-state index contributed by atoms with van der Waals surface area (Å²) < 4.78 is 5.30. The third-order valence-corrected chi connectivity index (χ3v) is 2.67. The van der Waals surface area contributed by atoms with Crippen molar-refractivity contribution in [1.29, 1.82) is 0 Å². The van der Waals surface area contributed by atoms with Crippen LogP contribution < -0.4 is 5.32 Å². The van der Waals surface area contributed by atoms with Gasteiger partial charge in [0.25, 0.3) is 0 Å². The van der Waals surface area contributed by atoms with E-state index >= 15 is 0 Å². The van der Waals surface area contributed by atoms with Gasteiger partial charge in [0, 0.05) is 13.0 Å². The quantitative estimate of drug-likeness (QED) is 0.428. The van der Waals surface area contributed by atoms with Gasteiger partial charge in [-0.15, -0.1) is 0 Å². The maximum atomic E-state index is 11.4. The molecule has 0 radical (unpaired) electrons. The van der Waals surface area contributed by atoms with Crippen molar-refractivity contribution in [3.8, 4) is 0 Å². The minimum Gasteiger partial charge on any atom is -0.375 e. The van der Waals surface area contributed by atoms with Gasteiger partial charge in [-0.1, -0.05) is 51.2 Å². The summed E-state index contributed by atoms with van der Waals surface area (Å²) in [6, 6.07) is 0. The summed E-state index contributed by atoms with van der Waals surface area (Å²) >= 11 is 0. The van der Waals surface area contributed by atoms with Gasteiger partial charge in [-0.3, -0.25) is 4.79 Å². The number of hydrogen-bond acceptors (Lipinski definition) is 2. The van der Waals surface area contributed by atoms with Crippen molar-refractivity contribution >= 4 is 5.91 Å². The van der Waals surface area contributed by atoms with Gasteiger partial charge in [-0.25, -0.2) is 0 Å². The number of rotatable bonds is 12. The highest BCUT2D eigenvalue weighted by Crippen LogP contribution is 2.06. The molecule has 0 heterocycles. The number of carbonyl (C=O) groups is 1. The smallest absolute Gasteiger partial charge is 0.220 e. The molecule has 0 fully saturated rings. The van der Waals surface area contributed by atoms with E-state index in [0.29, 0.717) is 26.2 Å². The average molecular weight is 255 g/mol. The molecule has 0 aromatic rings. The lowest BCUT2D eigenvalue weighted by Crippen LogP contribution is -2.27. The van der Waals surface area contributed by atoms with Gasteiger partial charge in [0.1, 0.15) is 0 Å². The Bertz CT molecular complexity index is 227. The van der Waals surface area contributed by atoms with Crippen molar-refractivity contribution in [2.75, 3.05) is 19.8 Å². The number of amides is 1. The maximum absolute atomic E-state index is 11.4. The lowest BCUT2D eigenvalue weighted by atomic mass is 10.1. The second kappa shape index (κ2) is 12.6. The molecule has 106 valence electrons. The Morgan fingerprint density at radius 1 is 1.17 bits per heavy atom. The third-order valence-electron chi connectivity index (χ3n) is 2.67. The Labute approximate surface area is 112 Å². The van der Waals surface area contributed by atoms with E-state index in [1.54, 1.807) is 0 Å². The summed E-state index contributed by atoms with van der Waals surface area (Å²) in [5.41, 5.74) is 1.01. The first-order valence-corrected chi connectivity index (χ1v) is 7.15. The molecule has 0 saturated heterocycles. The van der Waals surface area contributed by atoms with Gasteiger partial charge in [0.2, 0.25) is 5.91 Å². The van der Waals surface area contributed by atoms with Crippen molar-refractivity contribution in [3.63, 3.8) is 0 Å².